The summed E-state index contributed by atoms with van der Waals surface area (Å²) in [6.45, 7) is 9.37. The van der Waals surface area contributed by atoms with Gasteiger partial charge in [-0.2, -0.15) is 5.10 Å². The Balaban J connectivity index is 2.17. The van der Waals surface area contributed by atoms with Crippen molar-refractivity contribution in [2.75, 3.05) is 0 Å². The third-order valence-electron chi connectivity index (χ3n) is 3.49. The van der Waals surface area contributed by atoms with Gasteiger partial charge in [-0.3, -0.25) is 4.68 Å². The summed E-state index contributed by atoms with van der Waals surface area (Å²) in [5, 5.41) is 4.25. The lowest BCUT2D eigenvalue weighted by molar-refractivity contribution is 0.329. The van der Waals surface area contributed by atoms with E-state index in [-0.39, 0.29) is 0 Å². The molecule has 3 atom stereocenters. The molecular formula is C12H20N2. The SMILES string of the molecule is CC1C(c2cnn(C)c2)C1C(C)(C)C. The molecule has 2 heteroatoms. The molecule has 2 rings (SSSR count). The summed E-state index contributed by atoms with van der Waals surface area (Å²) in [5.74, 6) is 2.38. The third-order valence-corrected chi connectivity index (χ3v) is 3.49. The molecule has 1 heterocycles. The first-order valence-corrected chi connectivity index (χ1v) is 5.40. The van der Waals surface area contributed by atoms with Crippen molar-refractivity contribution in [3.8, 4) is 0 Å². The smallest absolute Gasteiger partial charge is 0.0524 e. The van der Waals surface area contributed by atoms with Crippen molar-refractivity contribution in [2.45, 2.75) is 33.6 Å². The third kappa shape index (κ3) is 1.47. The minimum absolute atomic E-state index is 0.430. The zero-order valence-electron chi connectivity index (χ0n) is 9.78. The van der Waals surface area contributed by atoms with Crippen LogP contribution < -0.4 is 0 Å². The molecule has 0 N–H and O–H groups in total. The molecule has 0 radical (unpaired) electrons. The van der Waals surface area contributed by atoms with Gasteiger partial charge in [-0.25, -0.2) is 0 Å². The normalized spacial score (nSPS) is 31.9. The molecular weight excluding hydrogens is 172 g/mol. The van der Waals surface area contributed by atoms with Crippen LogP contribution in [0.3, 0.4) is 0 Å². The van der Waals surface area contributed by atoms with E-state index in [0.29, 0.717) is 5.41 Å². The predicted molar refractivity (Wildman–Crippen MR) is 58.1 cm³/mol. The fourth-order valence-electron chi connectivity index (χ4n) is 2.91. The molecule has 3 unspecified atom stereocenters. The second kappa shape index (κ2) is 2.85. The molecule has 1 aromatic heterocycles. The number of aromatic nitrogens is 2. The van der Waals surface area contributed by atoms with E-state index in [4.69, 9.17) is 0 Å². The molecule has 1 aliphatic rings. The van der Waals surface area contributed by atoms with Gasteiger partial charge in [0, 0.05) is 13.2 Å². The van der Waals surface area contributed by atoms with Gasteiger partial charge in [-0.15, -0.1) is 0 Å². The van der Waals surface area contributed by atoms with E-state index in [2.05, 4.69) is 39.0 Å². The van der Waals surface area contributed by atoms with E-state index < -0.39 is 0 Å². The largest absolute Gasteiger partial charge is 0.276 e. The zero-order chi connectivity index (χ0) is 10.5. The van der Waals surface area contributed by atoms with Crippen LogP contribution in [0.15, 0.2) is 12.4 Å². The Morgan fingerprint density at radius 1 is 1.36 bits per heavy atom. The van der Waals surface area contributed by atoms with E-state index in [1.165, 1.54) is 5.56 Å². The van der Waals surface area contributed by atoms with Crippen molar-refractivity contribution in [3.63, 3.8) is 0 Å². The summed E-state index contributed by atoms with van der Waals surface area (Å²) < 4.78 is 1.90. The van der Waals surface area contributed by atoms with Crippen molar-refractivity contribution in [2.24, 2.45) is 24.3 Å². The molecule has 14 heavy (non-hydrogen) atoms. The Kier molecular flexibility index (Phi) is 1.98. The lowest BCUT2D eigenvalue weighted by Gasteiger charge is -2.18. The highest BCUT2D eigenvalue weighted by Crippen LogP contribution is 2.61. The molecule has 0 bridgehead atoms. The van der Waals surface area contributed by atoms with Gasteiger partial charge in [0.15, 0.2) is 0 Å². The van der Waals surface area contributed by atoms with Crippen molar-refractivity contribution < 1.29 is 0 Å². The predicted octanol–water partition coefficient (Wildman–Crippen LogP) is 2.82. The molecule has 2 nitrogen and oxygen atoms in total. The molecule has 0 saturated heterocycles. The van der Waals surface area contributed by atoms with E-state index in [0.717, 1.165) is 17.8 Å². The fourth-order valence-corrected chi connectivity index (χ4v) is 2.91. The van der Waals surface area contributed by atoms with Crippen LogP contribution in [0.5, 0.6) is 0 Å². The highest BCUT2D eigenvalue weighted by atomic mass is 15.2. The van der Waals surface area contributed by atoms with Crippen LogP contribution in [-0.2, 0) is 7.05 Å². The van der Waals surface area contributed by atoms with Gasteiger partial charge in [-0.05, 0) is 28.7 Å². The highest BCUT2D eigenvalue weighted by molar-refractivity contribution is 5.24. The number of rotatable bonds is 1. The first kappa shape index (κ1) is 9.75. The van der Waals surface area contributed by atoms with Crippen LogP contribution in [0.2, 0.25) is 0 Å². The number of hydrogen-bond acceptors (Lipinski definition) is 1. The number of hydrogen-bond donors (Lipinski definition) is 0. The Labute approximate surface area is 86.3 Å². The summed E-state index contributed by atoms with van der Waals surface area (Å²) in [6, 6.07) is 0. The van der Waals surface area contributed by atoms with E-state index in [1.54, 1.807) is 0 Å². The van der Waals surface area contributed by atoms with Crippen molar-refractivity contribution in [3.05, 3.63) is 18.0 Å². The van der Waals surface area contributed by atoms with Gasteiger partial charge >= 0.3 is 0 Å². The Morgan fingerprint density at radius 3 is 2.36 bits per heavy atom. The standard InChI is InChI=1S/C12H20N2/c1-8-10(11(8)12(2,3)4)9-6-13-14(5)7-9/h6-8,10-11H,1-5H3. The number of nitrogens with zero attached hydrogens (tertiary/aromatic N) is 2. The first-order chi connectivity index (χ1) is 6.41. The monoisotopic (exact) mass is 192 g/mol. The minimum Gasteiger partial charge on any atom is -0.276 e. The second-order valence-corrected chi connectivity index (χ2v) is 5.72. The van der Waals surface area contributed by atoms with E-state index in [1.807, 2.05) is 17.9 Å². The Bertz CT molecular complexity index is 332. The highest BCUT2D eigenvalue weighted by Gasteiger charge is 2.53. The molecule has 1 aromatic rings. The second-order valence-electron chi connectivity index (χ2n) is 5.72. The zero-order valence-corrected chi connectivity index (χ0v) is 9.78. The molecule has 78 valence electrons. The number of aryl methyl sites for hydroxylation is 1. The van der Waals surface area contributed by atoms with Crippen LogP contribution in [0, 0.1) is 17.3 Å². The van der Waals surface area contributed by atoms with Crippen LogP contribution >= 0.6 is 0 Å². The molecule has 0 aromatic carbocycles. The van der Waals surface area contributed by atoms with Crippen LogP contribution in [0.4, 0.5) is 0 Å². The van der Waals surface area contributed by atoms with Gasteiger partial charge in [0.1, 0.15) is 0 Å². The summed E-state index contributed by atoms with van der Waals surface area (Å²) in [4.78, 5) is 0. The van der Waals surface area contributed by atoms with Crippen LogP contribution in [0.1, 0.15) is 39.2 Å². The van der Waals surface area contributed by atoms with Gasteiger partial charge in [0.2, 0.25) is 0 Å². The molecule has 0 amide bonds. The maximum Gasteiger partial charge on any atom is 0.0524 e. The molecule has 1 fully saturated rings. The van der Waals surface area contributed by atoms with Gasteiger partial charge < -0.3 is 0 Å². The Hall–Kier alpha value is -0.790. The van der Waals surface area contributed by atoms with Crippen molar-refractivity contribution >= 4 is 0 Å². The minimum atomic E-state index is 0.430. The molecule has 0 aliphatic heterocycles. The average Bonchev–Trinajstić information content (AvgIpc) is 2.51. The van der Waals surface area contributed by atoms with Gasteiger partial charge in [0.25, 0.3) is 0 Å². The maximum absolute atomic E-state index is 4.25. The summed E-state index contributed by atoms with van der Waals surface area (Å²) in [7, 11) is 1.99. The Morgan fingerprint density at radius 2 is 2.00 bits per heavy atom. The maximum atomic E-state index is 4.25. The molecule has 1 aliphatic carbocycles. The summed E-state index contributed by atoms with van der Waals surface area (Å²) >= 11 is 0. The van der Waals surface area contributed by atoms with Crippen molar-refractivity contribution in [1.29, 1.82) is 0 Å². The van der Waals surface area contributed by atoms with Gasteiger partial charge in [-0.1, -0.05) is 27.7 Å². The van der Waals surface area contributed by atoms with E-state index >= 15 is 0 Å². The summed E-state index contributed by atoms with van der Waals surface area (Å²) in [5.41, 5.74) is 1.85. The van der Waals surface area contributed by atoms with Crippen LogP contribution in [-0.4, -0.2) is 9.78 Å². The average molecular weight is 192 g/mol. The van der Waals surface area contributed by atoms with Crippen molar-refractivity contribution in [1.82, 2.24) is 9.78 Å². The topological polar surface area (TPSA) is 17.8 Å². The lowest BCUT2D eigenvalue weighted by Crippen LogP contribution is -2.09. The van der Waals surface area contributed by atoms with Crippen LogP contribution in [0.25, 0.3) is 0 Å². The molecule has 1 saturated carbocycles. The quantitative estimate of drug-likeness (QED) is 0.669. The summed E-state index contributed by atoms with van der Waals surface area (Å²) in [6.07, 6.45) is 4.18. The fraction of sp³-hybridized carbons (Fsp3) is 0.750. The molecule has 0 spiro atoms. The van der Waals surface area contributed by atoms with Gasteiger partial charge in [0.05, 0.1) is 6.20 Å². The van der Waals surface area contributed by atoms with E-state index in [9.17, 15) is 0 Å². The lowest BCUT2D eigenvalue weighted by atomic mass is 9.87. The first-order valence-electron chi connectivity index (χ1n) is 5.40.